The highest BCUT2D eigenvalue weighted by atomic mass is 16.5. The van der Waals surface area contributed by atoms with Crippen LogP contribution in [0.5, 0.6) is 11.5 Å². The van der Waals surface area contributed by atoms with E-state index in [1.165, 1.54) is 6.20 Å². The van der Waals surface area contributed by atoms with Crippen molar-refractivity contribution < 1.29 is 9.53 Å². The van der Waals surface area contributed by atoms with Crippen molar-refractivity contribution in [2.24, 2.45) is 0 Å². The zero-order valence-electron chi connectivity index (χ0n) is 9.31. The Kier molecular flexibility index (Phi) is 3.35. The Morgan fingerprint density at radius 3 is 2.76 bits per heavy atom. The molecule has 0 saturated heterocycles. The predicted molar refractivity (Wildman–Crippen MR) is 63.0 cm³/mol. The van der Waals surface area contributed by atoms with Crippen LogP contribution in [0.15, 0.2) is 42.6 Å². The molecule has 1 amide bonds. The van der Waals surface area contributed by atoms with E-state index in [0.29, 0.717) is 17.2 Å². The van der Waals surface area contributed by atoms with Crippen LogP contribution in [0.3, 0.4) is 0 Å². The molecule has 4 nitrogen and oxygen atoms in total. The fourth-order valence-electron chi connectivity index (χ4n) is 1.30. The van der Waals surface area contributed by atoms with Gasteiger partial charge in [0.1, 0.15) is 17.2 Å². The van der Waals surface area contributed by atoms with Gasteiger partial charge in [-0.15, -0.1) is 0 Å². The second-order valence-electron chi connectivity index (χ2n) is 3.29. The maximum atomic E-state index is 11.4. The van der Waals surface area contributed by atoms with Crippen molar-refractivity contribution in [3.63, 3.8) is 0 Å². The molecule has 2 rings (SSSR count). The Labute approximate surface area is 99.3 Å². The monoisotopic (exact) mass is 227 g/mol. The molecule has 1 aromatic carbocycles. The highest BCUT2D eigenvalue weighted by Gasteiger charge is 2.06. The van der Waals surface area contributed by atoms with Gasteiger partial charge in [0.2, 0.25) is 0 Å². The van der Waals surface area contributed by atoms with Crippen molar-refractivity contribution >= 4 is 5.91 Å². The largest absolute Gasteiger partial charge is 0.457 e. The molecule has 1 aromatic heterocycles. The van der Waals surface area contributed by atoms with Gasteiger partial charge in [-0.3, -0.25) is 9.78 Å². The van der Waals surface area contributed by atoms with Crippen molar-refractivity contribution in [2.45, 2.75) is 0 Å². The fraction of sp³-hybridized carbons (Fsp3) is 0.0769. The number of aromatic nitrogens is 1. The molecule has 2 aromatic rings. The lowest BCUT2D eigenvalue weighted by atomic mass is 10.3. The fourth-order valence-corrected chi connectivity index (χ4v) is 1.30. The summed E-state index contributed by atoms with van der Waals surface area (Å²) < 4.78 is 5.57. The molecule has 1 radical (unpaired) electrons. The number of nitrogens with one attached hydrogen (secondary N) is 1. The Hall–Kier alpha value is -2.36. The van der Waals surface area contributed by atoms with Crippen molar-refractivity contribution in [2.75, 3.05) is 7.05 Å². The number of benzene rings is 1. The summed E-state index contributed by atoms with van der Waals surface area (Å²) in [4.78, 5) is 15.3. The third-order valence-corrected chi connectivity index (χ3v) is 2.11. The molecule has 1 heterocycles. The van der Waals surface area contributed by atoms with Gasteiger partial charge >= 0.3 is 0 Å². The molecule has 0 saturated carbocycles. The van der Waals surface area contributed by atoms with Gasteiger partial charge in [0, 0.05) is 19.3 Å². The van der Waals surface area contributed by atoms with Crippen LogP contribution >= 0.6 is 0 Å². The Balaban J connectivity index is 2.20. The second kappa shape index (κ2) is 5.12. The van der Waals surface area contributed by atoms with E-state index in [-0.39, 0.29) is 5.91 Å². The van der Waals surface area contributed by atoms with E-state index in [9.17, 15) is 4.79 Å². The minimum atomic E-state index is -0.239. The summed E-state index contributed by atoms with van der Waals surface area (Å²) in [7, 11) is 1.56. The zero-order valence-corrected chi connectivity index (χ0v) is 9.31. The molecular formula is C13H11N2O2. The summed E-state index contributed by atoms with van der Waals surface area (Å²) in [5, 5.41) is 2.51. The molecule has 0 spiro atoms. The molecule has 0 fully saturated rings. The first-order chi connectivity index (χ1) is 8.29. The van der Waals surface area contributed by atoms with E-state index < -0.39 is 0 Å². The Morgan fingerprint density at radius 1 is 1.29 bits per heavy atom. The summed E-state index contributed by atoms with van der Waals surface area (Å²) >= 11 is 0. The highest BCUT2D eigenvalue weighted by Crippen LogP contribution is 2.20. The molecule has 0 aliphatic rings. The lowest BCUT2D eigenvalue weighted by Crippen LogP contribution is -2.18. The molecule has 0 aliphatic carbocycles. The van der Waals surface area contributed by atoms with Crippen LogP contribution < -0.4 is 10.1 Å². The number of rotatable bonds is 3. The molecule has 0 unspecified atom stereocenters. The SMILES string of the molecule is CNC(=O)c1cc(Oc2cc[c]cc2)ccn1. The second-order valence-corrected chi connectivity index (χ2v) is 3.29. The highest BCUT2D eigenvalue weighted by molar-refractivity contribution is 5.92. The molecule has 0 atom stereocenters. The quantitative estimate of drug-likeness (QED) is 0.872. The summed E-state index contributed by atoms with van der Waals surface area (Å²) in [6, 6.07) is 13.3. The number of amides is 1. The number of hydrogen-bond donors (Lipinski definition) is 1. The number of ether oxygens (including phenoxy) is 1. The van der Waals surface area contributed by atoms with E-state index in [4.69, 9.17) is 4.74 Å². The lowest BCUT2D eigenvalue weighted by Gasteiger charge is -2.06. The first-order valence-electron chi connectivity index (χ1n) is 5.11. The van der Waals surface area contributed by atoms with Gasteiger partial charge in [-0.2, -0.15) is 0 Å². The molecular weight excluding hydrogens is 216 g/mol. The lowest BCUT2D eigenvalue weighted by molar-refractivity contribution is 0.0958. The molecule has 17 heavy (non-hydrogen) atoms. The third-order valence-electron chi connectivity index (χ3n) is 2.11. The average molecular weight is 227 g/mol. The average Bonchev–Trinajstić information content (AvgIpc) is 2.39. The number of nitrogens with zero attached hydrogens (tertiary/aromatic N) is 1. The van der Waals surface area contributed by atoms with E-state index in [1.807, 2.05) is 0 Å². The number of hydrogen-bond acceptors (Lipinski definition) is 3. The predicted octanol–water partition coefficient (Wildman–Crippen LogP) is 2.03. The first kappa shape index (κ1) is 11.1. The van der Waals surface area contributed by atoms with Crippen LogP contribution in [0.25, 0.3) is 0 Å². The van der Waals surface area contributed by atoms with Gasteiger partial charge in [0.05, 0.1) is 0 Å². The standard InChI is InChI=1S/C13H11N2O2/c1-14-13(16)12-9-11(7-8-15-12)17-10-5-3-2-4-6-10/h3-9H,1H3,(H,14,16). The summed E-state index contributed by atoms with van der Waals surface area (Å²) in [6.45, 7) is 0. The summed E-state index contributed by atoms with van der Waals surface area (Å²) in [5.41, 5.74) is 0.326. The molecule has 4 heteroatoms. The molecule has 0 bridgehead atoms. The van der Waals surface area contributed by atoms with E-state index >= 15 is 0 Å². The minimum absolute atomic E-state index is 0.239. The Bertz CT molecular complexity index is 512. The van der Waals surface area contributed by atoms with E-state index in [0.717, 1.165) is 0 Å². The van der Waals surface area contributed by atoms with Crippen LogP contribution in [0.1, 0.15) is 10.5 Å². The van der Waals surface area contributed by atoms with Gasteiger partial charge in [-0.05, 0) is 24.3 Å². The van der Waals surface area contributed by atoms with Crippen molar-refractivity contribution in [3.8, 4) is 11.5 Å². The summed E-state index contributed by atoms with van der Waals surface area (Å²) in [5.74, 6) is 1.03. The topological polar surface area (TPSA) is 51.2 Å². The molecule has 85 valence electrons. The molecule has 0 aliphatic heterocycles. The Morgan fingerprint density at radius 2 is 2.06 bits per heavy atom. The zero-order chi connectivity index (χ0) is 12.1. The normalized spacial score (nSPS) is 9.71. The van der Waals surface area contributed by atoms with Crippen molar-refractivity contribution in [1.29, 1.82) is 0 Å². The van der Waals surface area contributed by atoms with Crippen molar-refractivity contribution in [3.05, 3.63) is 54.4 Å². The maximum absolute atomic E-state index is 11.4. The van der Waals surface area contributed by atoms with Crippen LogP contribution in [-0.2, 0) is 0 Å². The van der Waals surface area contributed by atoms with E-state index in [1.54, 1.807) is 43.4 Å². The third kappa shape index (κ3) is 2.81. The van der Waals surface area contributed by atoms with Gasteiger partial charge < -0.3 is 10.1 Å². The van der Waals surface area contributed by atoms with Gasteiger partial charge in [0.25, 0.3) is 5.91 Å². The smallest absolute Gasteiger partial charge is 0.269 e. The van der Waals surface area contributed by atoms with Crippen molar-refractivity contribution in [1.82, 2.24) is 10.3 Å². The van der Waals surface area contributed by atoms with Gasteiger partial charge in [-0.1, -0.05) is 12.1 Å². The molecule has 1 N–H and O–H groups in total. The number of carbonyl (C=O) groups is 1. The number of pyridine rings is 1. The summed E-state index contributed by atoms with van der Waals surface area (Å²) in [6.07, 6.45) is 1.54. The van der Waals surface area contributed by atoms with Crippen LogP contribution in [-0.4, -0.2) is 17.9 Å². The van der Waals surface area contributed by atoms with E-state index in [2.05, 4.69) is 16.4 Å². The van der Waals surface area contributed by atoms with Crippen LogP contribution in [0.2, 0.25) is 0 Å². The minimum Gasteiger partial charge on any atom is -0.457 e. The van der Waals surface area contributed by atoms with Crippen LogP contribution in [0.4, 0.5) is 0 Å². The van der Waals surface area contributed by atoms with Gasteiger partial charge in [0.15, 0.2) is 0 Å². The van der Waals surface area contributed by atoms with Crippen LogP contribution in [0, 0.1) is 6.07 Å². The van der Waals surface area contributed by atoms with Gasteiger partial charge in [-0.25, -0.2) is 0 Å². The maximum Gasteiger partial charge on any atom is 0.269 e. The number of carbonyl (C=O) groups excluding carboxylic acids is 1. The first-order valence-corrected chi connectivity index (χ1v) is 5.11.